The highest BCUT2D eigenvalue weighted by atomic mass is 32.2. The first kappa shape index (κ1) is 21.6. The molecular formula is C24H25NO4S. The molecule has 0 aliphatic carbocycles. The average Bonchev–Trinajstić information content (AvgIpc) is 2.76. The van der Waals surface area contributed by atoms with Gasteiger partial charge in [-0.25, -0.2) is 8.42 Å². The SMILES string of the molecule is CS(=O)(=O)c1cccc(OCC(=O)N(CCc2ccccc2)Cc2ccccc2)c1. The molecule has 0 aliphatic rings. The molecule has 5 nitrogen and oxygen atoms in total. The van der Waals surface area contributed by atoms with Crippen molar-refractivity contribution in [2.45, 2.75) is 17.9 Å². The Balaban J connectivity index is 1.68. The second kappa shape index (κ2) is 10.1. The summed E-state index contributed by atoms with van der Waals surface area (Å²) in [5.74, 6) is 0.202. The predicted octanol–water partition coefficient (Wildman–Crippen LogP) is 3.74. The molecule has 0 N–H and O–H groups in total. The Morgan fingerprint density at radius 3 is 2.13 bits per heavy atom. The van der Waals surface area contributed by atoms with E-state index in [2.05, 4.69) is 0 Å². The van der Waals surface area contributed by atoms with Crippen LogP contribution >= 0.6 is 0 Å². The molecule has 0 unspecified atom stereocenters. The molecule has 30 heavy (non-hydrogen) atoms. The number of hydrogen-bond donors (Lipinski definition) is 0. The van der Waals surface area contributed by atoms with Crippen molar-refractivity contribution < 1.29 is 17.9 Å². The Morgan fingerprint density at radius 2 is 1.50 bits per heavy atom. The van der Waals surface area contributed by atoms with Crippen molar-refractivity contribution in [3.63, 3.8) is 0 Å². The smallest absolute Gasteiger partial charge is 0.260 e. The van der Waals surface area contributed by atoms with Crippen LogP contribution in [0.3, 0.4) is 0 Å². The van der Waals surface area contributed by atoms with Gasteiger partial charge < -0.3 is 9.64 Å². The molecule has 6 heteroatoms. The molecule has 0 bridgehead atoms. The number of hydrogen-bond acceptors (Lipinski definition) is 4. The van der Waals surface area contributed by atoms with Crippen LogP contribution < -0.4 is 4.74 Å². The zero-order chi connectivity index (χ0) is 21.4. The summed E-state index contributed by atoms with van der Waals surface area (Å²) in [5, 5.41) is 0. The second-order valence-corrected chi connectivity index (χ2v) is 9.09. The maximum absolute atomic E-state index is 12.9. The van der Waals surface area contributed by atoms with Crippen LogP contribution in [-0.4, -0.2) is 38.6 Å². The lowest BCUT2D eigenvalue weighted by Crippen LogP contribution is -2.36. The van der Waals surface area contributed by atoms with E-state index in [9.17, 15) is 13.2 Å². The summed E-state index contributed by atoms with van der Waals surface area (Å²) >= 11 is 0. The standard InChI is InChI=1S/C24H25NO4S/c1-30(27,28)23-14-8-13-22(17-23)29-19-24(26)25(18-21-11-6-3-7-12-21)16-15-20-9-4-2-5-10-20/h2-14,17H,15-16,18-19H2,1H3. The van der Waals surface area contributed by atoms with E-state index < -0.39 is 9.84 Å². The molecule has 0 spiro atoms. The number of carbonyl (C=O) groups excluding carboxylic acids is 1. The summed E-state index contributed by atoms with van der Waals surface area (Å²) in [6, 6.07) is 26.0. The summed E-state index contributed by atoms with van der Waals surface area (Å²) in [5.41, 5.74) is 2.20. The fraction of sp³-hybridized carbons (Fsp3) is 0.208. The van der Waals surface area contributed by atoms with Crippen LogP contribution in [0.15, 0.2) is 89.8 Å². The lowest BCUT2D eigenvalue weighted by molar-refractivity contribution is -0.134. The minimum Gasteiger partial charge on any atom is -0.484 e. The summed E-state index contributed by atoms with van der Waals surface area (Å²) < 4.78 is 29.1. The molecule has 156 valence electrons. The highest BCUT2D eigenvalue weighted by molar-refractivity contribution is 7.90. The Morgan fingerprint density at radius 1 is 0.867 bits per heavy atom. The zero-order valence-corrected chi connectivity index (χ0v) is 17.7. The number of amides is 1. The summed E-state index contributed by atoms with van der Waals surface area (Å²) in [6.07, 6.45) is 1.88. The van der Waals surface area contributed by atoms with Gasteiger partial charge in [0.2, 0.25) is 0 Å². The number of ether oxygens (including phenoxy) is 1. The maximum atomic E-state index is 12.9. The second-order valence-electron chi connectivity index (χ2n) is 7.07. The molecule has 0 saturated carbocycles. The van der Waals surface area contributed by atoms with Gasteiger partial charge >= 0.3 is 0 Å². The molecule has 3 aromatic carbocycles. The van der Waals surface area contributed by atoms with Crippen molar-refractivity contribution in [2.75, 3.05) is 19.4 Å². The van der Waals surface area contributed by atoms with Crippen molar-refractivity contribution in [2.24, 2.45) is 0 Å². The van der Waals surface area contributed by atoms with E-state index in [1.165, 1.54) is 12.1 Å². The maximum Gasteiger partial charge on any atom is 0.260 e. The number of nitrogens with zero attached hydrogens (tertiary/aromatic N) is 1. The molecule has 0 aromatic heterocycles. The minimum absolute atomic E-state index is 0.153. The van der Waals surface area contributed by atoms with Crippen LogP contribution in [0.25, 0.3) is 0 Å². The van der Waals surface area contributed by atoms with Crippen LogP contribution in [0.4, 0.5) is 0 Å². The first-order valence-corrected chi connectivity index (χ1v) is 11.6. The molecule has 0 saturated heterocycles. The lowest BCUT2D eigenvalue weighted by Gasteiger charge is -2.23. The van der Waals surface area contributed by atoms with E-state index in [0.29, 0.717) is 18.8 Å². The van der Waals surface area contributed by atoms with Crippen molar-refractivity contribution in [3.8, 4) is 5.75 Å². The fourth-order valence-corrected chi connectivity index (χ4v) is 3.69. The molecule has 0 aliphatic heterocycles. The molecule has 0 heterocycles. The van der Waals surface area contributed by atoms with Crippen LogP contribution in [0.2, 0.25) is 0 Å². The van der Waals surface area contributed by atoms with Gasteiger partial charge in [0.05, 0.1) is 4.90 Å². The summed E-state index contributed by atoms with van der Waals surface area (Å²) in [4.78, 5) is 14.8. The first-order chi connectivity index (χ1) is 14.4. The van der Waals surface area contributed by atoms with Gasteiger partial charge in [-0.3, -0.25) is 4.79 Å². The van der Waals surface area contributed by atoms with Gasteiger partial charge in [0.25, 0.3) is 5.91 Å². The molecule has 3 aromatic rings. The Labute approximate surface area is 177 Å². The molecule has 0 atom stereocenters. The number of carbonyl (C=O) groups is 1. The van der Waals surface area contributed by atoms with E-state index in [1.807, 2.05) is 60.7 Å². The Kier molecular flexibility index (Phi) is 7.25. The van der Waals surface area contributed by atoms with Gasteiger partial charge in [-0.05, 0) is 35.7 Å². The van der Waals surface area contributed by atoms with E-state index in [-0.39, 0.29) is 17.4 Å². The molecule has 0 radical (unpaired) electrons. The molecule has 0 fully saturated rings. The summed E-state index contributed by atoms with van der Waals surface area (Å²) in [6.45, 7) is 0.887. The van der Waals surface area contributed by atoms with E-state index in [4.69, 9.17) is 4.74 Å². The number of benzene rings is 3. The van der Waals surface area contributed by atoms with Gasteiger partial charge in [0, 0.05) is 19.3 Å². The molecule has 1 amide bonds. The van der Waals surface area contributed by atoms with E-state index >= 15 is 0 Å². The van der Waals surface area contributed by atoms with Crippen LogP contribution in [0.5, 0.6) is 5.75 Å². The lowest BCUT2D eigenvalue weighted by atomic mass is 10.1. The monoisotopic (exact) mass is 423 g/mol. The predicted molar refractivity (Wildman–Crippen MR) is 117 cm³/mol. The normalized spacial score (nSPS) is 11.1. The van der Waals surface area contributed by atoms with Crippen LogP contribution in [0, 0.1) is 0 Å². The Hall–Kier alpha value is -3.12. The van der Waals surface area contributed by atoms with Gasteiger partial charge in [-0.1, -0.05) is 66.7 Å². The fourth-order valence-electron chi connectivity index (χ4n) is 3.04. The largest absolute Gasteiger partial charge is 0.484 e. The van der Waals surface area contributed by atoms with Crippen LogP contribution in [-0.2, 0) is 27.6 Å². The highest BCUT2D eigenvalue weighted by Gasteiger charge is 2.16. The third kappa shape index (κ3) is 6.46. The third-order valence-electron chi connectivity index (χ3n) is 4.68. The topological polar surface area (TPSA) is 63.7 Å². The van der Waals surface area contributed by atoms with Crippen molar-refractivity contribution in [3.05, 3.63) is 96.1 Å². The third-order valence-corrected chi connectivity index (χ3v) is 5.79. The van der Waals surface area contributed by atoms with Gasteiger partial charge in [-0.15, -0.1) is 0 Å². The quantitative estimate of drug-likeness (QED) is 0.526. The van der Waals surface area contributed by atoms with Gasteiger partial charge in [-0.2, -0.15) is 0 Å². The van der Waals surface area contributed by atoms with Gasteiger partial charge in [0.1, 0.15) is 5.75 Å². The van der Waals surface area contributed by atoms with Crippen molar-refractivity contribution in [1.29, 1.82) is 0 Å². The zero-order valence-electron chi connectivity index (χ0n) is 16.9. The average molecular weight is 424 g/mol. The van der Waals surface area contributed by atoms with Gasteiger partial charge in [0.15, 0.2) is 16.4 Å². The Bertz CT molecular complexity index is 1070. The molecular weight excluding hydrogens is 398 g/mol. The molecule has 3 rings (SSSR count). The van der Waals surface area contributed by atoms with E-state index in [1.54, 1.807) is 17.0 Å². The highest BCUT2D eigenvalue weighted by Crippen LogP contribution is 2.17. The number of rotatable bonds is 9. The summed E-state index contributed by atoms with van der Waals surface area (Å²) in [7, 11) is -3.34. The minimum atomic E-state index is -3.34. The van der Waals surface area contributed by atoms with Crippen molar-refractivity contribution in [1.82, 2.24) is 4.90 Å². The van der Waals surface area contributed by atoms with Crippen molar-refractivity contribution >= 4 is 15.7 Å². The number of sulfone groups is 1. The first-order valence-electron chi connectivity index (χ1n) is 9.70. The van der Waals surface area contributed by atoms with Crippen LogP contribution in [0.1, 0.15) is 11.1 Å². The van der Waals surface area contributed by atoms with E-state index in [0.717, 1.165) is 23.8 Å².